The van der Waals surface area contributed by atoms with E-state index in [2.05, 4.69) is 29.4 Å². The molecule has 1 fully saturated rings. The maximum atomic E-state index is 5.71. The Morgan fingerprint density at radius 2 is 2.33 bits per heavy atom. The summed E-state index contributed by atoms with van der Waals surface area (Å²) in [5.74, 6) is 0. The van der Waals surface area contributed by atoms with Crippen LogP contribution in [0, 0.1) is 0 Å². The summed E-state index contributed by atoms with van der Waals surface area (Å²) in [6, 6.07) is 0. The lowest BCUT2D eigenvalue weighted by molar-refractivity contribution is 0.0637. The highest BCUT2D eigenvalue weighted by atomic mass is 32.1. The molecule has 1 saturated heterocycles. The van der Waals surface area contributed by atoms with Crippen LogP contribution < -0.4 is 5.32 Å². The highest BCUT2D eigenvalue weighted by molar-refractivity contribution is 7.15. The Hall–Kier alpha value is -0.680. The van der Waals surface area contributed by atoms with E-state index in [1.807, 2.05) is 0 Å². The molecule has 5 heteroatoms. The lowest BCUT2D eigenvalue weighted by Gasteiger charge is -2.10. The van der Waals surface area contributed by atoms with Gasteiger partial charge in [0.15, 0.2) is 0 Å². The number of aryl methyl sites for hydroxylation is 1. The van der Waals surface area contributed by atoms with Gasteiger partial charge in [0.05, 0.1) is 12.2 Å². The van der Waals surface area contributed by atoms with E-state index in [1.165, 1.54) is 6.42 Å². The summed E-state index contributed by atoms with van der Waals surface area (Å²) in [4.78, 5) is 0. The number of ether oxygens (including phenoxy) is 1. The zero-order valence-electron chi connectivity index (χ0n) is 9.19. The molecule has 84 valence electrons. The largest absolute Gasteiger partial charge is 0.373 e. The first-order chi connectivity index (χ1) is 7.28. The number of hydrogen-bond donors (Lipinski definition) is 1. The molecule has 2 unspecified atom stereocenters. The number of hydrogen-bond acceptors (Lipinski definition) is 5. The van der Waals surface area contributed by atoms with Crippen molar-refractivity contribution in [2.45, 2.75) is 45.3 Å². The average Bonchev–Trinajstić information content (AvgIpc) is 2.83. The van der Waals surface area contributed by atoms with Gasteiger partial charge in [-0.1, -0.05) is 18.3 Å². The van der Waals surface area contributed by atoms with Gasteiger partial charge in [0.1, 0.15) is 5.01 Å². The predicted octanol–water partition coefficient (Wildman–Crippen LogP) is 2.08. The van der Waals surface area contributed by atoms with Gasteiger partial charge in [0.25, 0.3) is 0 Å². The molecule has 0 radical (unpaired) electrons. The van der Waals surface area contributed by atoms with Crippen molar-refractivity contribution in [1.82, 2.24) is 10.2 Å². The van der Waals surface area contributed by atoms with E-state index < -0.39 is 0 Å². The van der Waals surface area contributed by atoms with Crippen molar-refractivity contribution < 1.29 is 4.74 Å². The van der Waals surface area contributed by atoms with Crippen LogP contribution in [0.15, 0.2) is 0 Å². The highest BCUT2D eigenvalue weighted by Gasteiger charge is 2.21. The molecule has 0 amide bonds. The zero-order chi connectivity index (χ0) is 10.7. The van der Waals surface area contributed by atoms with Gasteiger partial charge in [0.2, 0.25) is 5.13 Å². The number of rotatable bonds is 4. The molecule has 2 heterocycles. The normalized spacial score (nSPS) is 25.7. The van der Waals surface area contributed by atoms with E-state index in [0.717, 1.165) is 29.5 Å². The quantitative estimate of drug-likeness (QED) is 0.855. The van der Waals surface area contributed by atoms with Gasteiger partial charge in [0, 0.05) is 6.54 Å². The molecule has 1 aliphatic heterocycles. The summed E-state index contributed by atoms with van der Waals surface area (Å²) in [6.07, 6.45) is 4.03. The third-order valence-corrected chi connectivity index (χ3v) is 3.60. The van der Waals surface area contributed by atoms with Crippen molar-refractivity contribution in [2.75, 3.05) is 11.9 Å². The molecule has 2 rings (SSSR count). The first-order valence-corrected chi connectivity index (χ1v) is 6.31. The maximum Gasteiger partial charge on any atom is 0.205 e. The molecule has 1 aliphatic rings. The minimum Gasteiger partial charge on any atom is -0.373 e. The van der Waals surface area contributed by atoms with E-state index in [0.29, 0.717) is 12.2 Å². The van der Waals surface area contributed by atoms with Crippen LogP contribution in [-0.2, 0) is 11.2 Å². The monoisotopic (exact) mass is 227 g/mol. The number of aromatic nitrogens is 2. The predicted molar refractivity (Wildman–Crippen MR) is 61.3 cm³/mol. The van der Waals surface area contributed by atoms with Crippen molar-refractivity contribution in [2.24, 2.45) is 0 Å². The van der Waals surface area contributed by atoms with E-state index in [4.69, 9.17) is 4.74 Å². The van der Waals surface area contributed by atoms with Gasteiger partial charge in [-0.2, -0.15) is 0 Å². The Balaban J connectivity index is 1.77. The van der Waals surface area contributed by atoms with Crippen LogP contribution in [0.2, 0.25) is 0 Å². The lowest BCUT2D eigenvalue weighted by atomic mass is 10.2. The van der Waals surface area contributed by atoms with Crippen molar-refractivity contribution in [3.05, 3.63) is 5.01 Å². The van der Waals surface area contributed by atoms with Gasteiger partial charge < -0.3 is 10.1 Å². The van der Waals surface area contributed by atoms with Crippen LogP contribution in [0.1, 0.15) is 31.7 Å². The van der Waals surface area contributed by atoms with Crippen LogP contribution in [-0.4, -0.2) is 29.0 Å². The topological polar surface area (TPSA) is 47.0 Å². The molecule has 15 heavy (non-hydrogen) atoms. The number of nitrogens with zero attached hydrogens (tertiary/aromatic N) is 2. The van der Waals surface area contributed by atoms with Gasteiger partial charge in [-0.25, -0.2) is 0 Å². The van der Waals surface area contributed by atoms with Crippen LogP contribution in [0.25, 0.3) is 0 Å². The summed E-state index contributed by atoms with van der Waals surface area (Å²) < 4.78 is 5.71. The molecule has 1 N–H and O–H groups in total. The summed E-state index contributed by atoms with van der Waals surface area (Å²) >= 11 is 1.63. The second-order valence-electron chi connectivity index (χ2n) is 3.88. The van der Waals surface area contributed by atoms with Gasteiger partial charge in [-0.15, -0.1) is 10.2 Å². The smallest absolute Gasteiger partial charge is 0.205 e. The van der Waals surface area contributed by atoms with E-state index >= 15 is 0 Å². The third-order valence-electron chi connectivity index (χ3n) is 2.57. The Morgan fingerprint density at radius 1 is 1.47 bits per heavy atom. The number of anilines is 1. The highest BCUT2D eigenvalue weighted by Crippen LogP contribution is 2.21. The Morgan fingerprint density at radius 3 is 2.93 bits per heavy atom. The summed E-state index contributed by atoms with van der Waals surface area (Å²) in [5.41, 5.74) is 0. The number of nitrogens with one attached hydrogen (secondary N) is 1. The molecule has 0 aliphatic carbocycles. The van der Waals surface area contributed by atoms with E-state index in [1.54, 1.807) is 11.3 Å². The first kappa shape index (κ1) is 10.8. The molecule has 0 saturated carbocycles. The summed E-state index contributed by atoms with van der Waals surface area (Å²) in [5, 5.41) is 13.4. The standard InChI is InChI=1S/C10H17N3OS/c1-3-9-12-13-10(15-9)11-6-8-5-4-7(2)14-8/h7-8H,3-6H2,1-2H3,(H,11,13). The zero-order valence-corrected chi connectivity index (χ0v) is 10.0. The van der Waals surface area contributed by atoms with Crippen LogP contribution in [0.4, 0.5) is 5.13 Å². The van der Waals surface area contributed by atoms with Crippen LogP contribution in [0.5, 0.6) is 0 Å². The second-order valence-corrected chi connectivity index (χ2v) is 4.94. The molecule has 0 spiro atoms. The average molecular weight is 227 g/mol. The minimum atomic E-state index is 0.342. The van der Waals surface area contributed by atoms with Crippen molar-refractivity contribution in [3.63, 3.8) is 0 Å². The molecule has 1 aromatic heterocycles. The molecular weight excluding hydrogens is 210 g/mol. The Bertz CT molecular complexity index is 315. The molecule has 4 nitrogen and oxygen atoms in total. The summed E-state index contributed by atoms with van der Waals surface area (Å²) in [6.45, 7) is 5.06. The van der Waals surface area contributed by atoms with Gasteiger partial charge >= 0.3 is 0 Å². The summed E-state index contributed by atoms with van der Waals surface area (Å²) in [7, 11) is 0. The van der Waals surface area contributed by atoms with Gasteiger partial charge in [-0.05, 0) is 26.2 Å². The fourth-order valence-electron chi connectivity index (χ4n) is 1.70. The maximum absolute atomic E-state index is 5.71. The molecule has 1 aromatic rings. The molecular formula is C10H17N3OS. The van der Waals surface area contributed by atoms with Crippen molar-refractivity contribution in [3.8, 4) is 0 Å². The molecule has 0 aromatic carbocycles. The third kappa shape index (κ3) is 2.89. The van der Waals surface area contributed by atoms with Crippen LogP contribution in [0.3, 0.4) is 0 Å². The van der Waals surface area contributed by atoms with E-state index in [9.17, 15) is 0 Å². The Kier molecular flexibility index (Phi) is 3.53. The lowest BCUT2D eigenvalue weighted by Crippen LogP contribution is -2.19. The van der Waals surface area contributed by atoms with Crippen molar-refractivity contribution >= 4 is 16.5 Å². The molecule has 0 bridgehead atoms. The van der Waals surface area contributed by atoms with Crippen LogP contribution >= 0.6 is 11.3 Å². The van der Waals surface area contributed by atoms with Gasteiger partial charge in [-0.3, -0.25) is 0 Å². The van der Waals surface area contributed by atoms with E-state index in [-0.39, 0.29) is 0 Å². The second kappa shape index (κ2) is 4.90. The fourth-order valence-corrected chi connectivity index (χ4v) is 2.39. The fraction of sp³-hybridized carbons (Fsp3) is 0.800. The SMILES string of the molecule is CCc1nnc(NCC2CCC(C)O2)s1. The first-order valence-electron chi connectivity index (χ1n) is 5.49. The van der Waals surface area contributed by atoms with Crippen molar-refractivity contribution in [1.29, 1.82) is 0 Å². The Labute approximate surface area is 94.1 Å². The minimum absolute atomic E-state index is 0.342. The molecule has 2 atom stereocenters.